The Bertz CT molecular complexity index is 319. The van der Waals surface area contributed by atoms with Crippen LogP contribution in [0.15, 0.2) is 12.4 Å². The molecule has 1 rings (SSSR count). The lowest BCUT2D eigenvalue weighted by Gasteiger charge is -2.21. The van der Waals surface area contributed by atoms with Gasteiger partial charge in [-0.15, -0.1) is 0 Å². The minimum absolute atomic E-state index is 0.0310. The first kappa shape index (κ1) is 13.0. The van der Waals surface area contributed by atoms with E-state index in [1.54, 1.807) is 13.1 Å². The van der Waals surface area contributed by atoms with Gasteiger partial charge in [-0.05, 0) is 19.9 Å². The Morgan fingerprint density at radius 3 is 2.62 bits per heavy atom. The van der Waals surface area contributed by atoms with E-state index in [0.717, 1.165) is 0 Å². The van der Waals surface area contributed by atoms with Crippen molar-refractivity contribution >= 4 is 0 Å². The normalized spacial score (nSPS) is 14.1. The summed E-state index contributed by atoms with van der Waals surface area (Å²) in [7, 11) is 0. The number of hydrogen-bond acceptors (Lipinski definition) is 2. The Kier molecular flexibility index (Phi) is 4.35. The number of nitrogens with zero attached hydrogens (tertiary/aromatic N) is 2. The number of imidazole rings is 1. The van der Waals surface area contributed by atoms with Gasteiger partial charge in [0.2, 0.25) is 0 Å². The number of halogens is 3. The van der Waals surface area contributed by atoms with Crippen LogP contribution in [-0.2, 0) is 6.54 Å². The van der Waals surface area contributed by atoms with Gasteiger partial charge in [0.05, 0.1) is 0 Å². The van der Waals surface area contributed by atoms with Gasteiger partial charge in [-0.1, -0.05) is 6.92 Å². The molecular weight excluding hydrogens is 219 g/mol. The lowest BCUT2D eigenvalue weighted by molar-refractivity contribution is -0.160. The van der Waals surface area contributed by atoms with Crippen LogP contribution in [0.4, 0.5) is 13.2 Å². The summed E-state index contributed by atoms with van der Waals surface area (Å²) in [5.41, 5.74) is 0. The number of rotatable bonds is 5. The van der Waals surface area contributed by atoms with E-state index in [1.165, 1.54) is 10.8 Å². The molecule has 0 aliphatic rings. The van der Waals surface area contributed by atoms with Gasteiger partial charge in [-0.25, -0.2) is 4.98 Å². The summed E-state index contributed by atoms with van der Waals surface area (Å²) < 4.78 is 39.9. The lowest BCUT2D eigenvalue weighted by atomic mass is 10.2. The third-order valence-corrected chi connectivity index (χ3v) is 2.27. The summed E-state index contributed by atoms with van der Waals surface area (Å²) in [6.45, 7) is 4.42. The zero-order chi connectivity index (χ0) is 12.2. The Balaban J connectivity index is 2.92. The van der Waals surface area contributed by atoms with Crippen LogP contribution in [0.5, 0.6) is 0 Å². The molecule has 0 saturated carbocycles. The molecule has 6 heteroatoms. The first-order valence-electron chi connectivity index (χ1n) is 5.31. The molecule has 1 heterocycles. The highest BCUT2D eigenvalue weighted by molar-refractivity contribution is 5.02. The van der Waals surface area contributed by atoms with Crippen LogP contribution >= 0.6 is 0 Å². The Labute approximate surface area is 92.7 Å². The van der Waals surface area contributed by atoms with E-state index in [1.807, 2.05) is 6.92 Å². The second-order valence-electron chi connectivity index (χ2n) is 3.50. The Morgan fingerprint density at radius 2 is 2.12 bits per heavy atom. The van der Waals surface area contributed by atoms with Gasteiger partial charge in [0, 0.05) is 18.9 Å². The van der Waals surface area contributed by atoms with Crippen molar-refractivity contribution in [2.75, 3.05) is 6.54 Å². The zero-order valence-electron chi connectivity index (χ0n) is 9.38. The van der Waals surface area contributed by atoms with Crippen LogP contribution in [0.1, 0.15) is 32.1 Å². The predicted octanol–water partition coefficient (Wildman–Crippen LogP) is 2.51. The molecule has 1 atom stereocenters. The average Bonchev–Trinajstić information content (AvgIpc) is 2.64. The molecule has 0 aliphatic heterocycles. The fourth-order valence-electron chi connectivity index (χ4n) is 1.49. The molecule has 0 bridgehead atoms. The molecule has 0 radical (unpaired) electrons. The Hall–Kier alpha value is -1.04. The van der Waals surface area contributed by atoms with Crippen LogP contribution in [0.3, 0.4) is 0 Å². The maximum absolute atomic E-state index is 12.8. The van der Waals surface area contributed by atoms with E-state index in [2.05, 4.69) is 10.3 Å². The minimum Gasteiger partial charge on any atom is -0.334 e. The summed E-state index contributed by atoms with van der Waals surface area (Å²) in [6.07, 6.45) is -0.709. The average molecular weight is 235 g/mol. The van der Waals surface area contributed by atoms with Crippen molar-refractivity contribution in [3.63, 3.8) is 0 Å². The van der Waals surface area contributed by atoms with Crippen LogP contribution in [-0.4, -0.2) is 22.3 Å². The highest BCUT2D eigenvalue weighted by Crippen LogP contribution is 2.31. The second kappa shape index (κ2) is 5.34. The molecule has 3 nitrogen and oxygen atoms in total. The predicted molar refractivity (Wildman–Crippen MR) is 55.0 cm³/mol. The summed E-state index contributed by atoms with van der Waals surface area (Å²) in [6, 6.07) is -1.68. The molecule has 1 N–H and O–H groups in total. The molecule has 16 heavy (non-hydrogen) atoms. The van der Waals surface area contributed by atoms with Crippen molar-refractivity contribution in [2.45, 2.75) is 39.0 Å². The maximum Gasteiger partial charge on any atom is 0.410 e. The van der Waals surface area contributed by atoms with Gasteiger partial charge in [-0.3, -0.25) is 5.32 Å². The molecule has 1 unspecified atom stereocenters. The highest BCUT2D eigenvalue weighted by atomic mass is 19.4. The van der Waals surface area contributed by atoms with Crippen LogP contribution in [0.25, 0.3) is 0 Å². The summed E-state index contributed by atoms with van der Waals surface area (Å²) in [5, 5.41) is 2.48. The smallest absolute Gasteiger partial charge is 0.334 e. The topological polar surface area (TPSA) is 29.9 Å². The molecular formula is C10H16F3N3. The van der Waals surface area contributed by atoms with Gasteiger partial charge in [0.15, 0.2) is 6.04 Å². The number of aromatic nitrogens is 2. The van der Waals surface area contributed by atoms with E-state index in [-0.39, 0.29) is 5.82 Å². The molecule has 0 amide bonds. The third kappa shape index (κ3) is 2.98. The summed E-state index contributed by atoms with van der Waals surface area (Å²) in [5.74, 6) is 0.0310. The summed E-state index contributed by atoms with van der Waals surface area (Å²) in [4.78, 5) is 3.79. The molecule has 1 aromatic heterocycles. The molecule has 1 aromatic rings. The van der Waals surface area contributed by atoms with Crippen LogP contribution in [0, 0.1) is 0 Å². The monoisotopic (exact) mass is 235 g/mol. The molecule has 0 aromatic carbocycles. The van der Waals surface area contributed by atoms with Gasteiger partial charge >= 0.3 is 6.18 Å². The van der Waals surface area contributed by atoms with Crippen molar-refractivity contribution < 1.29 is 13.2 Å². The van der Waals surface area contributed by atoms with Crippen molar-refractivity contribution in [1.82, 2.24) is 14.9 Å². The van der Waals surface area contributed by atoms with Crippen LogP contribution < -0.4 is 5.32 Å². The third-order valence-electron chi connectivity index (χ3n) is 2.27. The van der Waals surface area contributed by atoms with Crippen molar-refractivity contribution in [3.05, 3.63) is 18.2 Å². The first-order valence-corrected chi connectivity index (χ1v) is 5.31. The molecule has 0 aliphatic carbocycles. The molecule has 0 fully saturated rings. The highest BCUT2D eigenvalue weighted by Gasteiger charge is 2.42. The number of alkyl halides is 3. The largest absolute Gasteiger partial charge is 0.410 e. The van der Waals surface area contributed by atoms with E-state index in [9.17, 15) is 13.2 Å². The van der Waals surface area contributed by atoms with Gasteiger partial charge in [-0.2, -0.15) is 13.2 Å². The second-order valence-corrected chi connectivity index (χ2v) is 3.50. The van der Waals surface area contributed by atoms with E-state index < -0.39 is 12.2 Å². The molecule has 0 spiro atoms. The van der Waals surface area contributed by atoms with Crippen molar-refractivity contribution in [2.24, 2.45) is 0 Å². The van der Waals surface area contributed by atoms with Crippen LogP contribution in [0.2, 0.25) is 0 Å². The van der Waals surface area contributed by atoms with E-state index in [0.29, 0.717) is 19.5 Å². The fraction of sp³-hybridized carbons (Fsp3) is 0.700. The summed E-state index contributed by atoms with van der Waals surface area (Å²) >= 11 is 0. The fourth-order valence-corrected chi connectivity index (χ4v) is 1.49. The number of aryl methyl sites for hydroxylation is 1. The van der Waals surface area contributed by atoms with E-state index in [4.69, 9.17) is 0 Å². The minimum atomic E-state index is -4.31. The van der Waals surface area contributed by atoms with Gasteiger partial charge in [0.25, 0.3) is 0 Å². The number of nitrogens with one attached hydrogen (secondary N) is 1. The van der Waals surface area contributed by atoms with Crippen molar-refractivity contribution in [1.29, 1.82) is 0 Å². The lowest BCUT2D eigenvalue weighted by Crippen LogP contribution is -2.36. The SMILES string of the molecule is CCCNC(c1nccn1CC)C(F)(F)F. The maximum atomic E-state index is 12.8. The standard InChI is InChI=1S/C10H16F3N3/c1-3-5-14-8(10(11,12)13)9-15-6-7-16(9)4-2/h6-8,14H,3-5H2,1-2H3. The number of hydrogen-bond donors (Lipinski definition) is 1. The molecule has 92 valence electrons. The van der Waals surface area contributed by atoms with Gasteiger partial charge < -0.3 is 4.57 Å². The quantitative estimate of drug-likeness (QED) is 0.849. The Morgan fingerprint density at radius 1 is 1.44 bits per heavy atom. The van der Waals surface area contributed by atoms with Crippen molar-refractivity contribution in [3.8, 4) is 0 Å². The van der Waals surface area contributed by atoms with E-state index >= 15 is 0 Å². The zero-order valence-corrected chi connectivity index (χ0v) is 9.38. The first-order chi connectivity index (χ1) is 7.50. The van der Waals surface area contributed by atoms with Gasteiger partial charge in [0.1, 0.15) is 5.82 Å². The molecule has 0 saturated heterocycles.